The second kappa shape index (κ2) is 8.67. The fourth-order valence-electron chi connectivity index (χ4n) is 5.04. The van der Waals surface area contributed by atoms with Gasteiger partial charge in [-0.3, -0.25) is 0 Å². The normalized spacial score (nSPS) is 19.2. The Bertz CT molecular complexity index is 1330. The van der Waals surface area contributed by atoms with Crippen LogP contribution < -0.4 is 8.64 Å². The van der Waals surface area contributed by atoms with Crippen LogP contribution in [0, 0.1) is 0 Å². The van der Waals surface area contributed by atoms with Gasteiger partial charge in [0, 0.05) is 0 Å². The van der Waals surface area contributed by atoms with Crippen molar-refractivity contribution in [3.05, 3.63) is 109 Å². The predicted molar refractivity (Wildman–Crippen MR) is 133 cm³/mol. The molecule has 33 heavy (non-hydrogen) atoms. The van der Waals surface area contributed by atoms with Crippen LogP contribution in [-0.2, 0) is 16.1 Å². The fraction of sp³-hybridized carbons (Fsp3) is 0.111. The van der Waals surface area contributed by atoms with E-state index in [0.29, 0.717) is 11.5 Å². The molecular weight excluding hydrogens is 533 g/mol. The molecule has 0 spiro atoms. The second-order valence-electron chi connectivity index (χ2n) is 8.45. The Morgan fingerprint density at radius 2 is 1.67 bits per heavy atom. The Morgan fingerprint density at radius 1 is 0.909 bits per heavy atom. The van der Waals surface area contributed by atoms with E-state index in [0.717, 1.165) is 34.9 Å². The Hall–Kier alpha value is -2.54. The zero-order valence-corrected chi connectivity index (χ0v) is 21.9. The van der Waals surface area contributed by atoms with Crippen LogP contribution in [0.15, 0.2) is 87.1 Å². The van der Waals surface area contributed by atoms with Crippen molar-refractivity contribution < 1.29 is 14.3 Å². The van der Waals surface area contributed by atoms with Gasteiger partial charge in [-0.25, -0.2) is 0 Å². The van der Waals surface area contributed by atoms with Crippen molar-refractivity contribution in [3.8, 4) is 0 Å². The maximum absolute atomic E-state index is 12.6. The minimum absolute atomic E-state index is 0.0642. The van der Waals surface area contributed by atoms with Gasteiger partial charge in [0.2, 0.25) is 0 Å². The summed E-state index contributed by atoms with van der Waals surface area (Å²) in [5, 5.41) is 2.18. The van der Waals surface area contributed by atoms with Crippen molar-refractivity contribution >= 4 is 57.1 Å². The number of carbonyl (C=O) groups is 2. The molecule has 4 nitrogen and oxygen atoms in total. The topological polar surface area (TPSA) is 55.4 Å². The molecule has 3 aromatic carbocycles. The van der Waals surface area contributed by atoms with Crippen molar-refractivity contribution in [1.29, 1.82) is 0 Å². The van der Waals surface area contributed by atoms with E-state index in [-0.39, 0.29) is 17.3 Å². The molecule has 6 rings (SSSR count). The van der Waals surface area contributed by atoms with Crippen LogP contribution in [0.2, 0.25) is 0 Å². The van der Waals surface area contributed by atoms with Crippen molar-refractivity contribution in [1.82, 2.24) is 5.32 Å². The summed E-state index contributed by atoms with van der Waals surface area (Å²) in [6.07, 6.45) is 3.09. The number of imide groups is 1. The molecule has 0 saturated carbocycles. The van der Waals surface area contributed by atoms with Crippen LogP contribution in [0.5, 0.6) is 0 Å². The molecule has 0 radical (unpaired) electrons. The van der Waals surface area contributed by atoms with Gasteiger partial charge in [0.1, 0.15) is 0 Å². The van der Waals surface area contributed by atoms with Crippen LogP contribution in [0.3, 0.4) is 0 Å². The molecule has 6 heteroatoms. The van der Waals surface area contributed by atoms with E-state index in [1.165, 1.54) is 15.5 Å². The van der Waals surface area contributed by atoms with Crippen molar-refractivity contribution in [2.24, 2.45) is 0 Å². The Morgan fingerprint density at radius 3 is 2.36 bits per heavy atom. The number of benzene rings is 3. The van der Waals surface area contributed by atoms with Crippen molar-refractivity contribution in [2.45, 2.75) is 19.1 Å². The van der Waals surface area contributed by atoms with Crippen LogP contribution in [0.4, 0.5) is 4.79 Å². The third-order valence-corrected chi connectivity index (χ3v) is 17.8. The molecule has 3 aromatic rings. The summed E-state index contributed by atoms with van der Waals surface area (Å²) in [5.74, 6) is -0.240. The molecule has 0 aromatic heterocycles. The van der Waals surface area contributed by atoms with Gasteiger partial charge in [-0.15, -0.1) is 0 Å². The van der Waals surface area contributed by atoms with E-state index in [9.17, 15) is 9.59 Å². The molecule has 3 heterocycles. The number of ether oxygens (including phenoxy) is 1. The fourth-order valence-corrected chi connectivity index (χ4v) is 17.5. The summed E-state index contributed by atoms with van der Waals surface area (Å²) >= 11 is -1.61. The Balaban J connectivity index is 1.34. The number of hydrogen-bond acceptors (Lipinski definition) is 4. The van der Waals surface area contributed by atoms with Gasteiger partial charge in [0.25, 0.3) is 0 Å². The monoisotopic (exact) mass is 553 g/mol. The average Bonchev–Trinajstić information content (AvgIpc) is 3.42. The zero-order valence-electron chi connectivity index (χ0n) is 17.8. The van der Waals surface area contributed by atoms with Gasteiger partial charge in [-0.1, -0.05) is 0 Å². The molecule has 1 unspecified atom stereocenters. The third kappa shape index (κ3) is 3.80. The number of rotatable bonds is 6. The summed E-state index contributed by atoms with van der Waals surface area (Å²) in [4.78, 5) is 25.1. The first-order chi connectivity index (χ1) is 16.2. The third-order valence-electron chi connectivity index (χ3n) is 6.48. The van der Waals surface area contributed by atoms with E-state index >= 15 is 0 Å². The van der Waals surface area contributed by atoms with Gasteiger partial charge in [0.15, 0.2) is 0 Å². The summed E-state index contributed by atoms with van der Waals surface area (Å²) < 4.78 is 10.5. The number of thioether (sulfide) groups is 1. The zero-order chi connectivity index (χ0) is 22.4. The van der Waals surface area contributed by atoms with E-state index < -0.39 is 21.4 Å². The first-order valence-corrected chi connectivity index (χ1v) is 16.8. The number of hydrogen-bond donors (Lipinski definition) is 1. The molecule has 2 amide bonds. The standard InChI is InChI=1S/C27H20NO3S.In/c29-26-25(32-27(30)28-26)18-23-15-8-7-12-21(23)16-9-17-24(22-13-5-2-6-14-22)31-19-20-10-3-1-4-11-20;/h1-8,10-11,13-16,24H,17,19H2,(H,28,29,30);. The predicted octanol–water partition coefficient (Wildman–Crippen LogP) is 4.92. The SMILES string of the molecule is O=C1NC(=O)/C(=[C]2\c3ccc[c]4c3C=[C](CC(OCc3ccccc3)c3ccccc3)[In]24)S1. The maximum atomic E-state index is 12.6. The van der Waals surface area contributed by atoms with Crippen LogP contribution in [0.1, 0.15) is 34.8 Å². The first-order valence-electron chi connectivity index (χ1n) is 11.0. The Labute approximate surface area is 204 Å². The van der Waals surface area contributed by atoms with Crippen molar-refractivity contribution in [3.63, 3.8) is 0 Å². The van der Waals surface area contributed by atoms with E-state index in [1.54, 1.807) is 0 Å². The number of amides is 2. The van der Waals surface area contributed by atoms with E-state index in [4.69, 9.17) is 4.74 Å². The summed E-state index contributed by atoms with van der Waals surface area (Å²) in [7, 11) is 0. The number of carbonyl (C=O) groups excluding carboxylic acids is 2. The second-order valence-corrected chi connectivity index (χ2v) is 17.4. The average molecular weight is 553 g/mol. The van der Waals surface area contributed by atoms with Crippen LogP contribution >= 0.6 is 11.8 Å². The van der Waals surface area contributed by atoms with Crippen molar-refractivity contribution in [2.75, 3.05) is 0 Å². The molecule has 1 N–H and O–H groups in total. The molecule has 1 saturated heterocycles. The van der Waals surface area contributed by atoms with Gasteiger partial charge < -0.3 is 0 Å². The van der Waals surface area contributed by atoms with Gasteiger partial charge in [-0.05, 0) is 0 Å². The van der Waals surface area contributed by atoms with Gasteiger partial charge >= 0.3 is 205 Å². The molecule has 3 aliphatic rings. The first kappa shape index (κ1) is 21.0. The molecular formula is C27H20InNO3S. The molecule has 1 atom stereocenters. The minimum atomic E-state index is -2.68. The Kier molecular flexibility index (Phi) is 5.52. The summed E-state index contributed by atoms with van der Waals surface area (Å²) in [5.41, 5.74) is 4.73. The summed E-state index contributed by atoms with van der Waals surface area (Å²) in [6, 6.07) is 27.0. The van der Waals surface area contributed by atoms with Crippen LogP contribution in [-0.4, -0.2) is 32.6 Å². The quantitative estimate of drug-likeness (QED) is 0.441. The summed E-state index contributed by atoms with van der Waals surface area (Å²) in [6.45, 7) is 0.548. The molecule has 160 valence electrons. The molecule has 4 bridgehead atoms. The van der Waals surface area contributed by atoms with E-state index in [2.05, 4.69) is 66.0 Å². The number of nitrogens with one attached hydrogen (secondary N) is 1. The van der Waals surface area contributed by atoms with Gasteiger partial charge in [-0.2, -0.15) is 0 Å². The van der Waals surface area contributed by atoms with Crippen LogP contribution in [0.25, 0.3) is 9.41 Å². The van der Waals surface area contributed by atoms with E-state index in [1.807, 2.05) is 24.3 Å². The van der Waals surface area contributed by atoms with Gasteiger partial charge in [0.05, 0.1) is 0 Å². The molecule has 0 aliphatic carbocycles. The molecule has 3 aliphatic heterocycles. The molecule has 1 fully saturated rings.